The third kappa shape index (κ3) is 2.98. The average Bonchev–Trinajstić information content (AvgIpc) is 2.52. The fourth-order valence-corrected chi connectivity index (χ4v) is 1.60. The summed E-state index contributed by atoms with van der Waals surface area (Å²) in [6.45, 7) is 4.90. The molecule has 0 radical (unpaired) electrons. The number of carbonyl (C=O) groups excluding carboxylic acids is 3. The lowest BCUT2D eigenvalue weighted by atomic mass is 10.2. The van der Waals surface area contributed by atoms with Gasteiger partial charge in [0.1, 0.15) is 17.7 Å². The first-order valence-corrected chi connectivity index (χ1v) is 5.49. The van der Waals surface area contributed by atoms with Gasteiger partial charge in [-0.05, 0) is 20.8 Å². The molecule has 2 amide bonds. The summed E-state index contributed by atoms with van der Waals surface area (Å²) >= 11 is 0. The average molecular weight is 259 g/mol. The third-order valence-electron chi connectivity index (χ3n) is 2.34. The highest BCUT2D eigenvalue weighted by Crippen LogP contribution is 2.23. The summed E-state index contributed by atoms with van der Waals surface area (Å²) in [5.74, 6) is -1.61. The van der Waals surface area contributed by atoms with Gasteiger partial charge in [0.25, 0.3) is 5.91 Å². The van der Waals surface area contributed by atoms with Crippen molar-refractivity contribution >= 4 is 18.0 Å². The highest BCUT2D eigenvalue weighted by Gasteiger charge is 2.48. The van der Waals surface area contributed by atoms with Crippen molar-refractivity contribution in [3.8, 4) is 0 Å². The minimum absolute atomic E-state index is 0.176. The van der Waals surface area contributed by atoms with Gasteiger partial charge in [0.2, 0.25) is 0 Å². The van der Waals surface area contributed by atoms with Crippen molar-refractivity contribution < 1.29 is 29.0 Å². The number of esters is 1. The van der Waals surface area contributed by atoms with Crippen LogP contribution in [0, 0.1) is 0 Å². The van der Waals surface area contributed by atoms with Crippen molar-refractivity contribution in [3.63, 3.8) is 0 Å². The Labute approximate surface area is 105 Å². The molecule has 1 aliphatic rings. The van der Waals surface area contributed by atoms with E-state index in [0.717, 1.165) is 7.11 Å². The van der Waals surface area contributed by atoms with Crippen molar-refractivity contribution in [1.82, 2.24) is 4.90 Å². The zero-order chi connectivity index (χ0) is 14.1. The molecule has 1 aliphatic heterocycles. The molecule has 7 heteroatoms. The first kappa shape index (κ1) is 14.4. The molecule has 1 heterocycles. The van der Waals surface area contributed by atoms with Crippen LogP contribution in [0.3, 0.4) is 0 Å². The largest absolute Gasteiger partial charge is 0.467 e. The van der Waals surface area contributed by atoms with Gasteiger partial charge < -0.3 is 14.6 Å². The summed E-state index contributed by atoms with van der Waals surface area (Å²) in [5, 5.41) is 9.42. The van der Waals surface area contributed by atoms with Crippen LogP contribution in [0.4, 0.5) is 4.79 Å². The molecule has 2 atom stereocenters. The number of hydrogen-bond donors (Lipinski definition) is 1. The molecular weight excluding hydrogens is 242 g/mol. The second-order valence-corrected chi connectivity index (χ2v) is 4.98. The Hall–Kier alpha value is -1.63. The Morgan fingerprint density at radius 2 is 1.94 bits per heavy atom. The summed E-state index contributed by atoms with van der Waals surface area (Å²) in [6.07, 6.45) is -2.52. The SMILES string of the molecule is COC(=O)C1CC(O)C(=O)N1C(=O)OC(C)(C)C. The number of rotatable bonds is 1. The zero-order valence-corrected chi connectivity index (χ0v) is 10.8. The summed E-state index contributed by atoms with van der Waals surface area (Å²) in [6, 6.07) is -1.13. The molecule has 7 nitrogen and oxygen atoms in total. The monoisotopic (exact) mass is 259 g/mol. The molecule has 1 saturated heterocycles. The van der Waals surface area contributed by atoms with Crippen LogP contribution in [0.1, 0.15) is 27.2 Å². The van der Waals surface area contributed by atoms with Gasteiger partial charge in [0.15, 0.2) is 0 Å². The van der Waals surface area contributed by atoms with E-state index in [1.54, 1.807) is 20.8 Å². The molecule has 18 heavy (non-hydrogen) atoms. The normalized spacial score (nSPS) is 24.1. The Kier molecular flexibility index (Phi) is 3.95. The van der Waals surface area contributed by atoms with E-state index in [2.05, 4.69) is 4.74 Å². The standard InChI is InChI=1S/C11H17NO6/c1-11(2,3)18-10(16)12-6(9(15)17-4)5-7(13)8(12)14/h6-7,13H,5H2,1-4H3. The van der Waals surface area contributed by atoms with Gasteiger partial charge in [0, 0.05) is 6.42 Å². The number of aliphatic hydroxyl groups excluding tert-OH is 1. The molecule has 0 aliphatic carbocycles. The third-order valence-corrected chi connectivity index (χ3v) is 2.34. The van der Waals surface area contributed by atoms with Crippen LogP contribution in [0.25, 0.3) is 0 Å². The van der Waals surface area contributed by atoms with E-state index in [0.29, 0.717) is 4.90 Å². The molecule has 0 spiro atoms. The number of carbonyl (C=O) groups is 3. The van der Waals surface area contributed by atoms with Crippen LogP contribution in [-0.4, -0.2) is 52.8 Å². The Bertz CT molecular complexity index is 372. The summed E-state index contributed by atoms with van der Waals surface area (Å²) in [5.41, 5.74) is -0.800. The molecule has 102 valence electrons. The van der Waals surface area contributed by atoms with Crippen LogP contribution in [0.2, 0.25) is 0 Å². The van der Waals surface area contributed by atoms with Gasteiger partial charge in [0.05, 0.1) is 7.11 Å². The van der Waals surface area contributed by atoms with Gasteiger partial charge in [-0.3, -0.25) is 4.79 Å². The van der Waals surface area contributed by atoms with E-state index in [1.165, 1.54) is 0 Å². The van der Waals surface area contributed by atoms with Crippen molar-refractivity contribution in [1.29, 1.82) is 0 Å². The highest BCUT2D eigenvalue weighted by molar-refractivity contribution is 6.01. The topological polar surface area (TPSA) is 93.1 Å². The molecule has 0 aromatic rings. The summed E-state index contributed by atoms with van der Waals surface area (Å²) in [7, 11) is 1.14. The molecule has 2 unspecified atom stereocenters. The summed E-state index contributed by atoms with van der Waals surface area (Å²) in [4.78, 5) is 35.5. The van der Waals surface area contributed by atoms with Crippen LogP contribution in [0.5, 0.6) is 0 Å². The number of amides is 2. The fraction of sp³-hybridized carbons (Fsp3) is 0.727. The molecule has 1 N–H and O–H groups in total. The van der Waals surface area contributed by atoms with E-state index in [1.807, 2.05) is 0 Å². The maximum Gasteiger partial charge on any atom is 0.417 e. The van der Waals surface area contributed by atoms with Crippen molar-refractivity contribution in [2.45, 2.75) is 44.9 Å². The molecule has 1 rings (SSSR count). The van der Waals surface area contributed by atoms with Gasteiger partial charge in [-0.1, -0.05) is 0 Å². The molecule has 0 aromatic heterocycles. The van der Waals surface area contributed by atoms with E-state index in [-0.39, 0.29) is 6.42 Å². The Balaban J connectivity index is 2.91. The zero-order valence-electron chi connectivity index (χ0n) is 10.8. The maximum absolute atomic E-state index is 11.8. The predicted octanol–water partition coefficient (Wildman–Crippen LogP) is 0.0563. The van der Waals surface area contributed by atoms with Gasteiger partial charge >= 0.3 is 12.1 Å². The van der Waals surface area contributed by atoms with Crippen LogP contribution in [0.15, 0.2) is 0 Å². The van der Waals surface area contributed by atoms with E-state index >= 15 is 0 Å². The summed E-state index contributed by atoms with van der Waals surface area (Å²) < 4.78 is 9.50. The molecule has 1 fully saturated rings. The van der Waals surface area contributed by atoms with E-state index in [4.69, 9.17) is 4.74 Å². The molecule has 0 saturated carbocycles. The second-order valence-electron chi connectivity index (χ2n) is 4.98. The molecule has 0 bridgehead atoms. The highest BCUT2D eigenvalue weighted by atomic mass is 16.6. The van der Waals surface area contributed by atoms with Crippen molar-refractivity contribution in [2.24, 2.45) is 0 Å². The van der Waals surface area contributed by atoms with Crippen molar-refractivity contribution in [2.75, 3.05) is 7.11 Å². The van der Waals surface area contributed by atoms with Crippen LogP contribution in [-0.2, 0) is 19.1 Å². The van der Waals surface area contributed by atoms with Gasteiger partial charge in [-0.25, -0.2) is 14.5 Å². The number of hydrogen-bond acceptors (Lipinski definition) is 6. The predicted molar refractivity (Wildman–Crippen MR) is 59.5 cm³/mol. The number of likely N-dealkylation sites (tertiary alicyclic amines) is 1. The number of nitrogens with zero attached hydrogens (tertiary/aromatic N) is 1. The lowest BCUT2D eigenvalue weighted by Gasteiger charge is -2.25. The number of ether oxygens (including phenoxy) is 2. The number of imide groups is 1. The molecular formula is C11H17NO6. The van der Waals surface area contributed by atoms with Crippen LogP contribution >= 0.6 is 0 Å². The number of methoxy groups -OCH3 is 1. The second kappa shape index (κ2) is 4.93. The Morgan fingerprint density at radius 1 is 1.39 bits per heavy atom. The lowest BCUT2D eigenvalue weighted by Crippen LogP contribution is -2.46. The first-order chi connectivity index (χ1) is 8.17. The van der Waals surface area contributed by atoms with Crippen molar-refractivity contribution in [3.05, 3.63) is 0 Å². The maximum atomic E-state index is 11.8. The van der Waals surface area contributed by atoms with Gasteiger partial charge in [-0.15, -0.1) is 0 Å². The fourth-order valence-electron chi connectivity index (χ4n) is 1.60. The van der Waals surface area contributed by atoms with E-state index < -0.39 is 35.7 Å². The first-order valence-electron chi connectivity index (χ1n) is 5.49. The number of aliphatic hydroxyl groups is 1. The Morgan fingerprint density at radius 3 is 2.39 bits per heavy atom. The lowest BCUT2D eigenvalue weighted by molar-refractivity contribution is -0.149. The molecule has 0 aromatic carbocycles. The minimum Gasteiger partial charge on any atom is -0.467 e. The quantitative estimate of drug-likeness (QED) is 0.669. The smallest absolute Gasteiger partial charge is 0.417 e. The van der Waals surface area contributed by atoms with Crippen LogP contribution < -0.4 is 0 Å². The van der Waals surface area contributed by atoms with Gasteiger partial charge in [-0.2, -0.15) is 0 Å². The minimum atomic E-state index is -1.39. The van der Waals surface area contributed by atoms with E-state index in [9.17, 15) is 19.5 Å².